The fourth-order valence-electron chi connectivity index (χ4n) is 6.24. The number of ether oxygens (including phenoxy) is 3. The quantitative estimate of drug-likeness (QED) is 0.0157. The molecule has 14 heteroatoms. The van der Waals surface area contributed by atoms with Crippen molar-refractivity contribution >= 4 is 19.8 Å². The average molecular weight is 871 g/mol. The zero-order chi connectivity index (χ0) is 44.5. The van der Waals surface area contributed by atoms with E-state index in [4.69, 9.17) is 23.3 Å². The van der Waals surface area contributed by atoms with Crippen molar-refractivity contribution in [3.63, 3.8) is 0 Å². The highest BCUT2D eigenvalue weighted by atomic mass is 31.2. The van der Waals surface area contributed by atoms with Crippen molar-refractivity contribution in [2.75, 3.05) is 47.5 Å². The molecule has 0 amide bonds. The molecular formula is C46H81NO12P+. The maximum atomic E-state index is 12.8. The predicted molar refractivity (Wildman–Crippen MR) is 237 cm³/mol. The van der Waals surface area contributed by atoms with Crippen LogP contribution in [0.25, 0.3) is 0 Å². The molecule has 4 N–H and O–H groups in total. The van der Waals surface area contributed by atoms with Crippen LogP contribution in [0.15, 0.2) is 60.8 Å². The monoisotopic (exact) mass is 871 g/mol. The van der Waals surface area contributed by atoms with Gasteiger partial charge in [0.25, 0.3) is 0 Å². The van der Waals surface area contributed by atoms with Gasteiger partial charge >= 0.3 is 19.8 Å². The van der Waals surface area contributed by atoms with Crippen molar-refractivity contribution in [3.05, 3.63) is 60.8 Å². The van der Waals surface area contributed by atoms with E-state index >= 15 is 0 Å². The largest absolute Gasteiger partial charge is 0.472 e. The number of allylic oxidation sites excluding steroid dienone is 8. The third-order valence-electron chi connectivity index (χ3n) is 9.83. The Morgan fingerprint density at radius 1 is 0.800 bits per heavy atom. The molecule has 346 valence electrons. The van der Waals surface area contributed by atoms with Gasteiger partial charge in [0.1, 0.15) is 19.8 Å². The van der Waals surface area contributed by atoms with Crippen LogP contribution in [0, 0.1) is 5.92 Å². The Kier molecular flexibility index (Phi) is 31.6. The molecule has 0 aliphatic carbocycles. The molecule has 0 aromatic carbocycles. The van der Waals surface area contributed by atoms with E-state index in [0.717, 1.165) is 70.6 Å². The van der Waals surface area contributed by atoms with Crippen LogP contribution >= 0.6 is 7.82 Å². The van der Waals surface area contributed by atoms with Gasteiger partial charge in [0.05, 0.1) is 46.1 Å². The highest BCUT2D eigenvalue weighted by molar-refractivity contribution is 7.47. The summed E-state index contributed by atoms with van der Waals surface area (Å²) in [5, 5.41) is 31.0. The van der Waals surface area contributed by atoms with Crippen LogP contribution in [0.3, 0.4) is 0 Å². The van der Waals surface area contributed by atoms with Crippen molar-refractivity contribution in [1.29, 1.82) is 0 Å². The molecule has 0 saturated carbocycles. The Morgan fingerprint density at radius 3 is 2.17 bits per heavy atom. The van der Waals surface area contributed by atoms with E-state index < -0.39 is 57.1 Å². The van der Waals surface area contributed by atoms with Gasteiger partial charge in [-0.25, -0.2) is 4.57 Å². The minimum Gasteiger partial charge on any atom is -0.462 e. The number of hydrogen-bond acceptors (Lipinski definition) is 11. The fraction of sp³-hybridized carbons (Fsp3) is 0.739. The van der Waals surface area contributed by atoms with Gasteiger partial charge < -0.3 is 38.9 Å². The summed E-state index contributed by atoms with van der Waals surface area (Å²) in [6.45, 7) is 3.84. The van der Waals surface area contributed by atoms with Gasteiger partial charge in [0.15, 0.2) is 12.4 Å². The number of carbonyl (C=O) groups is 2. The number of hydrogen-bond donors (Lipinski definition) is 4. The molecule has 1 aliphatic heterocycles. The second-order valence-electron chi connectivity index (χ2n) is 16.6. The molecule has 1 rings (SSSR count). The first kappa shape index (κ1) is 55.6. The van der Waals surface area contributed by atoms with E-state index in [1.165, 1.54) is 0 Å². The number of phosphoric ester groups is 1. The maximum Gasteiger partial charge on any atom is 0.472 e. The number of unbranched alkanes of at least 4 members (excludes halogenated alkanes) is 8. The molecule has 0 aromatic heterocycles. The first-order chi connectivity index (χ1) is 28.7. The number of phosphoric acid groups is 1. The second kappa shape index (κ2) is 34.1. The predicted octanol–water partition coefficient (Wildman–Crippen LogP) is 8.57. The number of quaternary nitrogens is 1. The van der Waals surface area contributed by atoms with Gasteiger partial charge in [0.2, 0.25) is 0 Å². The highest BCUT2D eigenvalue weighted by Crippen LogP contribution is 2.43. The zero-order valence-corrected chi connectivity index (χ0v) is 38.3. The van der Waals surface area contributed by atoms with E-state index in [1.807, 2.05) is 33.3 Å². The molecule has 1 heterocycles. The lowest BCUT2D eigenvalue weighted by molar-refractivity contribution is -0.870. The third-order valence-corrected chi connectivity index (χ3v) is 10.8. The Balaban J connectivity index is 2.56. The minimum absolute atomic E-state index is 0.0236. The number of carbonyl (C=O) groups excluding carboxylic acids is 2. The summed E-state index contributed by atoms with van der Waals surface area (Å²) in [6.07, 6.45) is 30.3. The molecule has 0 radical (unpaired) electrons. The van der Waals surface area contributed by atoms with Crippen LogP contribution in [0.4, 0.5) is 0 Å². The fourth-order valence-corrected chi connectivity index (χ4v) is 6.98. The summed E-state index contributed by atoms with van der Waals surface area (Å²) in [5.41, 5.74) is 0. The number of nitrogens with zero attached hydrogens (tertiary/aromatic N) is 1. The number of esters is 2. The SMILES string of the molecule is CC/C=C\C/C=C\C/C=C\CCCCCCCC(=O)OC[C@H](COP(=O)(O)OCC[N+](C)(C)C)OC(=O)CCC/C=C\C[C@H]1[C@@H](O)CC(O)O[C@@H]1/C=C/[C@@H](O)CCCCC. The zero-order valence-electron chi connectivity index (χ0n) is 37.5. The molecule has 1 fully saturated rings. The van der Waals surface area contributed by atoms with Crippen molar-refractivity contribution in [2.45, 2.75) is 167 Å². The van der Waals surface area contributed by atoms with Gasteiger partial charge in [-0.3, -0.25) is 18.6 Å². The van der Waals surface area contributed by atoms with E-state index in [-0.39, 0.29) is 38.4 Å². The molecule has 2 unspecified atom stereocenters. The Bertz CT molecular complexity index is 1330. The van der Waals surface area contributed by atoms with Crippen molar-refractivity contribution in [2.24, 2.45) is 5.92 Å². The second-order valence-corrected chi connectivity index (χ2v) is 18.0. The molecule has 13 nitrogen and oxygen atoms in total. The van der Waals surface area contributed by atoms with Gasteiger partial charge in [-0.2, -0.15) is 0 Å². The molecule has 0 bridgehead atoms. The van der Waals surface area contributed by atoms with Gasteiger partial charge in [-0.05, 0) is 64.2 Å². The molecule has 0 spiro atoms. The Labute approximate surface area is 361 Å². The topological polar surface area (TPSA) is 178 Å². The van der Waals surface area contributed by atoms with Gasteiger partial charge in [0, 0.05) is 25.2 Å². The van der Waals surface area contributed by atoms with E-state index in [1.54, 1.807) is 12.2 Å². The third kappa shape index (κ3) is 31.4. The van der Waals surface area contributed by atoms with Crippen LogP contribution in [0.5, 0.6) is 0 Å². The lowest BCUT2D eigenvalue weighted by Crippen LogP contribution is -2.43. The Hall–Kier alpha value is -2.45. The summed E-state index contributed by atoms with van der Waals surface area (Å²) in [6, 6.07) is 0. The summed E-state index contributed by atoms with van der Waals surface area (Å²) in [5.74, 6) is -1.34. The molecule has 1 saturated heterocycles. The van der Waals surface area contributed by atoms with Crippen LogP contribution in [0.2, 0.25) is 0 Å². The lowest BCUT2D eigenvalue weighted by atomic mass is 9.87. The number of rotatable bonds is 35. The Morgan fingerprint density at radius 2 is 1.45 bits per heavy atom. The van der Waals surface area contributed by atoms with Crippen molar-refractivity contribution in [3.8, 4) is 0 Å². The van der Waals surface area contributed by atoms with Crippen molar-refractivity contribution < 1.29 is 62.1 Å². The first-order valence-electron chi connectivity index (χ1n) is 22.4. The first-order valence-corrected chi connectivity index (χ1v) is 23.9. The number of likely N-dealkylation sites (N-methyl/N-ethyl adjacent to an activating group) is 1. The average Bonchev–Trinajstić information content (AvgIpc) is 3.18. The van der Waals surface area contributed by atoms with E-state index in [0.29, 0.717) is 43.1 Å². The van der Waals surface area contributed by atoms with Crippen LogP contribution in [-0.4, -0.2) is 115 Å². The van der Waals surface area contributed by atoms with Gasteiger partial charge in [-0.1, -0.05) is 113 Å². The van der Waals surface area contributed by atoms with Crippen LogP contribution in [-0.2, 0) is 37.4 Å². The smallest absolute Gasteiger partial charge is 0.462 e. The highest BCUT2D eigenvalue weighted by Gasteiger charge is 2.35. The molecule has 60 heavy (non-hydrogen) atoms. The number of aliphatic hydroxyl groups is 3. The summed E-state index contributed by atoms with van der Waals surface area (Å²) >= 11 is 0. The maximum absolute atomic E-state index is 12.8. The van der Waals surface area contributed by atoms with Crippen molar-refractivity contribution in [1.82, 2.24) is 0 Å². The minimum atomic E-state index is -4.46. The van der Waals surface area contributed by atoms with Gasteiger partial charge in [-0.15, -0.1) is 0 Å². The summed E-state index contributed by atoms with van der Waals surface area (Å²) < 4.78 is 39.9. The van der Waals surface area contributed by atoms with E-state index in [2.05, 4.69) is 50.3 Å². The normalized spacial score (nSPS) is 21.1. The van der Waals surface area contributed by atoms with Crippen LogP contribution in [0.1, 0.15) is 136 Å². The summed E-state index contributed by atoms with van der Waals surface area (Å²) in [4.78, 5) is 35.6. The molecule has 1 aliphatic rings. The molecular weight excluding hydrogens is 789 g/mol. The number of aliphatic hydroxyl groups excluding tert-OH is 3. The lowest BCUT2D eigenvalue weighted by Gasteiger charge is -2.36. The molecule has 0 aromatic rings. The molecule has 7 atom stereocenters. The summed E-state index contributed by atoms with van der Waals surface area (Å²) in [7, 11) is 1.29. The standard InChI is InChI=1S/C46H80NO12P/c1-6-8-10-11-12-13-14-15-16-17-18-19-20-21-26-30-44(50)55-37-40(38-57-60(53,54)56-35-34-47(3,4)5)58-45(51)31-27-23-22-25-29-41-42(49)36-46(52)59-43(41)33-32-39(48)28-24-9-7-2/h8,10,12-13,15-16,22,25,32-33,39-43,46,48-49,52H,6-7,9,11,14,17-21,23-24,26-31,34-38H2,1-5H3/p+1/b10-8-,13-12-,16-15-,25-22-,33-32+/t39-,40+,41-,42-,43+,46?/m0/s1. The van der Waals surface area contributed by atoms with Crippen LogP contribution < -0.4 is 0 Å². The van der Waals surface area contributed by atoms with E-state index in [9.17, 15) is 34.4 Å².